The largest absolute Gasteiger partial charge is 0.484 e. The fraction of sp³-hybridized carbons (Fsp3) is 0.200. The lowest BCUT2D eigenvalue weighted by Gasteiger charge is -2.22. The van der Waals surface area contributed by atoms with E-state index < -0.39 is 0 Å². The Hall–Kier alpha value is -3.06. The second-order valence-electron chi connectivity index (χ2n) is 5.72. The van der Waals surface area contributed by atoms with Crippen LogP contribution in [0.15, 0.2) is 72.6 Å². The van der Waals surface area contributed by atoms with Gasteiger partial charge in [0.25, 0.3) is 5.91 Å². The molecule has 0 saturated carbocycles. The molecule has 1 aromatic rings. The van der Waals surface area contributed by atoms with E-state index in [1.807, 2.05) is 36.4 Å². The van der Waals surface area contributed by atoms with Crippen LogP contribution < -0.4 is 5.32 Å². The van der Waals surface area contributed by atoms with E-state index in [0.29, 0.717) is 23.9 Å². The fourth-order valence-corrected chi connectivity index (χ4v) is 2.69. The molecule has 0 fully saturated rings. The number of allylic oxidation sites excluding steroid dienone is 7. The van der Waals surface area contributed by atoms with Crippen LogP contribution in [0.4, 0.5) is 5.69 Å². The summed E-state index contributed by atoms with van der Waals surface area (Å²) >= 11 is 0. The van der Waals surface area contributed by atoms with Crippen LogP contribution in [-0.4, -0.2) is 12.5 Å². The van der Waals surface area contributed by atoms with Crippen molar-refractivity contribution in [3.8, 4) is 6.07 Å². The molecule has 1 N–H and O–H groups in total. The second kappa shape index (κ2) is 7.47. The number of amides is 1. The molecular weight excluding hydrogens is 300 g/mol. The molecule has 0 aromatic heterocycles. The lowest BCUT2D eigenvalue weighted by atomic mass is 9.85. The minimum absolute atomic E-state index is 0.0347. The Bertz CT molecular complexity index is 764. The number of benzene rings is 1. The number of anilines is 1. The molecule has 2 aliphatic rings. The van der Waals surface area contributed by atoms with Crippen molar-refractivity contribution in [2.24, 2.45) is 11.8 Å². The van der Waals surface area contributed by atoms with Gasteiger partial charge in [-0.3, -0.25) is 4.79 Å². The molecule has 4 heteroatoms. The third kappa shape index (κ3) is 4.02. The molecule has 1 aromatic carbocycles. The van der Waals surface area contributed by atoms with Crippen molar-refractivity contribution in [2.45, 2.75) is 6.42 Å². The topological polar surface area (TPSA) is 62.1 Å². The zero-order valence-corrected chi connectivity index (χ0v) is 13.2. The summed E-state index contributed by atoms with van der Waals surface area (Å²) in [7, 11) is 0. The highest BCUT2D eigenvalue weighted by atomic mass is 16.5. The first-order valence-corrected chi connectivity index (χ1v) is 7.88. The summed E-state index contributed by atoms with van der Waals surface area (Å²) < 4.78 is 5.59. The zero-order valence-electron chi connectivity index (χ0n) is 13.2. The van der Waals surface area contributed by atoms with Gasteiger partial charge >= 0.3 is 0 Å². The average Bonchev–Trinajstić information content (AvgIpc) is 2.62. The monoisotopic (exact) mass is 318 g/mol. The van der Waals surface area contributed by atoms with Crippen molar-refractivity contribution < 1.29 is 9.53 Å². The molecule has 2 aliphatic carbocycles. The van der Waals surface area contributed by atoms with Crippen molar-refractivity contribution in [1.29, 1.82) is 5.26 Å². The van der Waals surface area contributed by atoms with E-state index in [4.69, 9.17) is 10.00 Å². The predicted octanol–water partition coefficient (Wildman–Crippen LogP) is 3.52. The summed E-state index contributed by atoms with van der Waals surface area (Å²) in [5.41, 5.74) is 1.62. The molecule has 0 radical (unpaired) electrons. The Morgan fingerprint density at radius 3 is 2.62 bits per heavy atom. The maximum Gasteiger partial charge on any atom is 0.262 e. The molecule has 0 spiro atoms. The highest BCUT2D eigenvalue weighted by Gasteiger charge is 2.18. The molecule has 0 bridgehead atoms. The molecule has 4 nitrogen and oxygen atoms in total. The van der Waals surface area contributed by atoms with E-state index in [-0.39, 0.29) is 12.5 Å². The maximum absolute atomic E-state index is 12.0. The number of hydrogen-bond donors (Lipinski definition) is 1. The lowest BCUT2D eigenvalue weighted by molar-refractivity contribution is -0.119. The molecule has 120 valence electrons. The van der Waals surface area contributed by atoms with Crippen LogP contribution >= 0.6 is 0 Å². The van der Waals surface area contributed by atoms with Gasteiger partial charge in [-0.05, 0) is 29.8 Å². The highest BCUT2D eigenvalue weighted by molar-refractivity contribution is 5.91. The number of nitrogens with one attached hydrogen (secondary N) is 1. The number of ether oxygens (including phenoxy) is 1. The quantitative estimate of drug-likeness (QED) is 0.903. The van der Waals surface area contributed by atoms with Gasteiger partial charge < -0.3 is 10.1 Å². The Balaban J connectivity index is 1.50. The van der Waals surface area contributed by atoms with Crippen LogP contribution in [0.2, 0.25) is 0 Å². The first-order valence-electron chi connectivity index (χ1n) is 7.88. The van der Waals surface area contributed by atoms with Crippen molar-refractivity contribution in [2.75, 3.05) is 11.9 Å². The highest BCUT2D eigenvalue weighted by Crippen LogP contribution is 2.28. The molecule has 0 heterocycles. The molecule has 2 unspecified atom stereocenters. The summed E-state index contributed by atoms with van der Waals surface area (Å²) in [6.45, 7) is -0.0347. The predicted molar refractivity (Wildman–Crippen MR) is 92.8 cm³/mol. The van der Waals surface area contributed by atoms with E-state index in [2.05, 4.69) is 29.6 Å². The average molecular weight is 318 g/mol. The molecule has 0 saturated heterocycles. The summed E-state index contributed by atoms with van der Waals surface area (Å²) in [6, 6.07) is 9.32. The van der Waals surface area contributed by atoms with Crippen LogP contribution in [0.1, 0.15) is 5.56 Å². The number of nitriles is 1. The van der Waals surface area contributed by atoms with Gasteiger partial charge in [0.2, 0.25) is 0 Å². The second-order valence-corrected chi connectivity index (χ2v) is 5.72. The van der Waals surface area contributed by atoms with Crippen molar-refractivity contribution in [1.82, 2.24) is 0 Å². The van der Waals surface area contributed by atoms with E-state index >= 15 is 0 Å². The van der Waals surface area contributed by atoms with Crippen molar-refractivity contribution >= 4 is 11.6 Å². The zero-order chi connectivity index (χ0) is 16.8. The molecular formula is C20H18N2O2. The molecule has 1 amide bonds. The van der Waals surface area contributed by atoms with E-state index in [9.17, 15) is 4.79 Å². The number of carbonyl (C=O) groups excluding carboxylic acids is 1. The third-order valence-corrected chi connectivity index (χ3v) is 3.95. The molecule has 3 rings (SSSR count). The number of hydrogen-bond acceptors (Lipinski definition) is 3. The van der Waals surface area contributed by atoms with Gasteiger partial charge in [-0.2, -0.15) is 5.26 Å². The minimum Gasteiger partial charge on any atom is -0.484 e. The smallest absolute Gasteiger partial charge is 0.262 e. The Morgan fingerprint density at radius 1 is 1.12 bits per heavy atom. The van der Waals surface area contributed by atoms with Crippen LogP contribution in [-0.2, 0) is 16.0 Å². The fourth-order valence-electron chi connectivity index (χ4n) is 2.69. The van der Waals surface area contributed by atoms with Gasteiger partial charge in [-0.25, -0.2) is 0 Å². The van der Waals surface area contributed by atoms with Crippen LogP contribution in [0, 0.1) is 23.2 Å². The number of rotatable bonds is 5. The number of carbonyl (C=O) groups is 1. The van der Waals surface area contributed by atoms with Crippen molar-refractivity contribution in [3.05, 3.63) is 78.1 Å². The van der Waals surface area contributed by atoms with Gasteiger partial charge in [0.15, 0.2) is 6.61 Å². The molecule has 0 aliphatic heterocycles. The first kappa shape index (κ1) is 15.8. The SMILES string of the molecule is N#CCc1ccc(NC(=O)COC2=CC3C=CC=CC3C=C2)cc1. The number of nitrogens with zero attached hydrogens (tertiary/aromatic N) is 1. The first-order chi connectivity index (χ1) is 11.7. The number of fused-ring (bicyclic) bond motifs is 1. The van der Waals surface area contributed by atoms with Gasteiger partial charge in [0.05, 0.1) is 12.5 Å². The van der Waals surface area contributed by atoms with Gasteiger partial charge in [-0.1, -0.05) is 42.5 Å². The molecule has 2 atom stereocenters. The summed E-state index contributed by atoms with van der Waals surface area (Å²) in [6.07, 6.45) is 14.7. The van der Waals surface area contributed by atoms with Gasteiger partial charge in [0, 0.05) is 17.5 Å². The molecule has 24 heavy (non-hydrogen) atoms. The summed E-state index contributed by atoms with van der Waals surface area (Å²) in [5.74, 6) is 1.18. The van der Waals surface area contributed by atoms with Gasteiger partial charge in [0.1, 0.15) is 5.76 Å². The lowest BCUT2D eigenvalue weighted by Crippen LogP contribution is -2.19. The standard InChI is InChI=1S/C20H18N2O2/c21-12-11-15-5-8-18(9-6-15)22-20(23)14-24-19-10-7-16-3-1-2-4-17(16)13-19/h1-10,13,16-17H,11,14H2,(H,22,23). The third-order valence-electron chi connectivity index (χ3n) is 3.95. The summed E-state index contributed by atoms with van der Waals surface area (Å²) in [5, 5.41) is 11.4. The maximum atomic E-state index is 12.0. The van der Waals surface area contributed by atoms with E-state index in [0.717, 1.165) is 11.3 Å². The Morgan fingerprint density at radius 2 is 1.88 bits per heavy atom. The van der Waals surface area contributed by atoms with Crippen molar-refractivity contribution in [3.63, 3.8) is 0 Å². The summed E-state index contributed by atoms with van der Waals surface area (Å²) in [4.78, 5) is 12.0. The van der Waals surface area contributed by atoms with Crippen LogP contribution in [0.25, 0.3) is 0 Å². The normalized spacial score (nSPS) is 20.7. The van der Waals surface area contributed by atoms with Gasteiger partial charge in [-0.15, -0.1) is 0 Å². The van der Waals surface area contributed by atoms with Crippen LogP contribution in [0.3, 0.4) is 0 Å². The van der Waals surface area contributed by atoms with Crippen LogP contribution in [0.5, 0.6) is 0 Å². The van der Waals surface area contributed by atoms with E-state index in [1.54, 1.807) is 12.1 Å². The minimum atomic E-state index is -0.210. The Labute approximate surface area is 141 Å². The van der Waals surface area contributed by atoms with E-state index in [1.165, 1.54) is 0 Å². The Kier molecular flexibility index (Phi) is 4.93.